The van der Waals surface area contributed by atoms with Crippen LogP contribution in [0.3, 0.4) is 0 Å². The first-order valence-electron chi connectivity index (χ1n) is 8.95. The Morgan fingerprint density at radius 1 is 0.964 bits per heavy atom. The molecule has 0 amide bonds. The molecule has 4 rings (SSSR count). The van der Waals surface area contributed by atoms with E-state index in [9.17, 15) is 9.90 Å². The SMILES string of the molecule is CNC(c1ccccc1)c1cccc(-c2c(O)c3ccc(Cl)cc3[nH]c2=O)c1. The first-order valence-corrected chi connectivity index (χ1v) is 9.33. The number of benzene rings is 3. The molecule has 0 spiro atoms. The van der Waals surface area contributed by atoms with Crippen molar-refractivity contribution in [3.8, 4) is 16.9 Å². The fourth-order valence-electron chi connectivity index (χ4n) is 3.57. The van der Waals surface area contributed by atoms with Gasteiger partial charge in [-0.15, -0.1) is 0 Å². The lowest BCUT2D eigenvalue weighted by Crippen LogP contribution is -2.17. The van der Waals surface area contributed by atoms with Gasteiger partial charge in [0.15, 0.2) is 0 Å². The Kier molecular flexibility index (Phi) is 4.90. The van der Waals surface area contributed by atoms with E-state index in [1.165, 1.54) is 0 Å². The molecule has 0 saturated carbocycles. The zero-order chi connectivity index (χ0) is 19.7. The Morgan fingerprint density at radius 3 is 2.46 bits per heavy atom. The van der Waals surface area contributed by atoms with E-state index in [4.69, 9.17) is 11.6 Å². The van der Waals surface area contributed by atoms with Crippen molar-refractivity contribution >= 4 is 22.5 Å². The minimum atomic E-state index is -0.356. The van der Waals surface area contributed by atoms with Crippen molar-refractivity contribution in [2.75, 3.05) is 7.05 Å². The summed E-state index contributed by atoms with van der Waals surface area (Å²) < 4.78 is 0. The van der Waals surface area contributed by atoms with Gasteiger partial charge in [-0.25, -0.2) is 0 Å². The maximum absolute atomic E-state index is 12.7. The molecule has 3 N–H and O–H groups in total. The first-order chi connectivity index (χ1) is 13.6. The van der Waals surface area contributed by atoms with Gasteiger partial charge in [0.1, 0.15) is 5.75 Å². The molecule has 0 fully saturated rings. The number of halogens is 1. The van der Waals surface area contributed by atoms with Gasteiger partial charge in [0.25, 0.3) is 5.56 Å². The van der Waals surface area contributed by atoms with E-state index in [2.05, 4.69) is 22.4 Å². The zero-order valence-electron chi connectivity index (χ0n) is 15.2. The van der Waals surface area contributed by atoms with Gasteiger partial charge in [-0.3, -0.25) is 4.79 Å². The standard InChI is InChI=1S/C23H19ClN2O2/c1-25-21(14-6-3-2-4-7-14)16-9-5-8-15(12-16)20-22(27)18-11-10-17(24)13-19(18)26-23(20)28/h2-13,21,25H,1H3,(H2,26,27,28). The lowest BCUT2D eigenvalue weighted by atomic mass is 9.95. The van der Waals surface area contributed by atoms with Crippen LogP contribution in [-0.4, -0.2) is 17.1 Å². The van der Waals surface area contributed by atoms with E-state index < -0.39 is 0 Å². The van der Waals surface area contributed by atoms with Crippen LogP contribution in [0.25, 0.3) is 22.0 Å². The predicted octanol–water partition coefficient (Wildman–Crippen LogP) is 4.86. The smallest absolute Gasteiger partial charge is 0.260 e. The van der Waals surface area contributed by atoms with Crippen LogP contribution in [0.5, 0.6) is 5.75 Å². The zero-order valence-corrected chi connectivity index (χ0v) is 16.0. The van der Waals surface area contributed by atoms with Gasteiger partial charge >= 0.3 is 0 Å². The average molecular weight is 391 g/mol. The number of nitrogens with one attached hydrogen (secondary N) is 2. The highest BCUT2D eigenvalue weighted by Crippen LogP contribution is 2.34. The van der Waals surface area contributed by atoms with E-state index >= 15 is 0 Å². The van der Waals surface area contributed by atoms with E-state index in [-0.39, 0.29) is 22.9 Å². The van der Waals surface area contributed by atoms with Gasteiger partial charge in [0.2, 0.25) is 0 Å². The number of pyridine rings is 1. The van der Waals surface area contributed by atoms with Crippen molar-refractivity contribution in [3.63, 3.8) is 0 Å². The second kappa shape index (κ2) is 7.50. The molecule has 0 bridgehead atoms. The fraction of sp³-hybridized carbons (Fsp3) is 0.0870. The van der Waals surface area contributed by atoms with E-state index in [1.54, 1.807) is 18.2 Å². The van der Waals surface area contributed by atoms with E-state index in [0.29, 0.717) is 21.5 Å². The number of hydrogen-bond donors (Lipinski definition) is 3. The van der Waals surface area contributed by atoms with Crippen molar-refractivity contribution in [2.24, 2.45) is 0 Å². The van der Waals surface area contributed by atoms with E-state index in [1.807, 2.05) is 49.5 Å². The van der Waals surface area contributed by atoms with Crippen molar-refractivity contribution < 1.29 is 5.11 Å². The molecule has 0 radical (unpaired) electrons. The van der Waals surface area contributed by atoms with Gasteiger partial charge < -0.3 is 15.4 Å². The Labute approximate surface area is 167 Å². The molecule has 0 aliphatic heterocycles. The summed E-state index contributed by atoms with van der Waals surface area (Å²) in [6, 6.07) is 22.7. The highest BCUT2D eigenvalue weighted by atomic mass is 35.5. The first kappa shape index (κ1) is 18.3. The highest BCUT2D eigenvalue weighted by Gasteiger charge is 2.17. The molecule has 5 heteroatoms. The molecular formula is C23H19ClN2O2. The number of aromatic amines is 1. The van der Waals surface area contributed by atoms with Crippen LogP contribution in [-0.2, 0) is 0 Å². The Hall–Kier alpha value is -3.08. The molecule has 1 atom stereocenters. The van der Waals surface area contributed by atoms with Gasteiger partial charge in [0, 0.05) is 10.4 Å². The Balaban J connectivity index is 1.86. The number of aromatic hydroxyl groups is 1. The molecule has 1 unspecified atom stereocenters. The largest absolute Gasteiger partial charge is 0.506 e. The number of fused-ring (bicyclic) bond motifs is 1. The quantitative estimate of drug-likeness (QED) is 0.466. The van der Waals surface area contributed by atoms with Crippen LogP contribution in [0, 0.1) is 0 Å². The summed E-state index contributed by atoms with van der Waals surface area (Å²) in [5.41, 5.74) is 3.18. The summed E-state index contributed by atoms with van der Waals surface area (Å²) in [6.45, 7) is 0. The van der Waals surface area contributed by atoms with E-state index in [0.717, 1.165) is 11.1 Å². The molecule has 1 heterocycles. The van der Waals surface area contributed by atoms with Crippen molar-refractivity contribution in [1.82, 2.24) is 10.3 Å². The lowest BCUT2D eigenvalue weighted by Gasteiger charge is -2.18. The van der Waals surface area contributed by atoms with Crippen LogP contribution in [0.2, 0.25) is 5.02 Å². The van der Waals surface area contributed by atoms with Gasteiger partial charge in [0.05, 0.1) is 17.1 Å². The summed E-state index contributed by atoms with van der Waals surface area (Å²) in [5, 5.41) is 15.2. The van der Waals surface area contributed by atoms with Crippen LogP contribution in [0.1, 0.15) is 17.2 Å². The molecule has 28 heavy (non-hydrogen) atoms. The summed E-state index contributed by atoms with van der Waals surface area (Å²) in [4.78, 5) is 15.5. The molecule has 4 nitrogen and oxygen atoms in total. The molecule has 0 saturated heterocycles. The molecule has 0 aliphatic rings. The lowest BCUT2D eigenvalue weighted by molar-refractivity contribution is 0.482. The van der Waals surface area contributed by atoms with Crippen molar-refractivity contribution in [1.29, 1.82) is 0 Å². The predicted molar refractivity (Wildman–Crippen MR) is 114 cm³/mol. The summed E-state index contributed by atoms with van der Waals surface area (Å²) in [5.74, 6) is -0.0479. The topological polar surface area (TPSA) is 65.1 Å². The monoisotopic (exact) mass is 390 g/mol. The van der Waals surface area contributed by atoms with Crippen LogP contribution < -0.4 is 10.9 Å². The Morgan fingerprint density at radius 2 is 1.71 bits per heavy atom. The normalized spacial score (nSPS) is 12.2. The third-order valence-corrected chi connectivity index (χ3v) is 5.11. The third kappa shape index (κ3) is 3.28. The second-order valence-electron chi connectivity index (χ2n) is 6.63. The number of aromatic nitrogens is 1. The molecule has 140 valence electrons. The van der Waals surface area contributed by atoms with Gasteiger partial charge in [-0.2, -0.15) is 0 Å². The summed E-state index contributed by atoms with van der Waals surface area (Å²) >= 11 is 6.00. The second-order valence-corrected chi connectivity index (χ2v) is 7.06. The summed E-state index contributed by atoms with van der Waals surface area (Å²) in [7, 11) is 1.90. The minimum absolute atomic E-state index is 0.0263. The number of H-pyrrole nitrogens is 1. The third-order valence-electron chi connectivity index (χ3n) is 4.88. The van der Waals surface area contributed by atoms with Gasteiger partial charge in [-0.1, -0.05) is 60.1 Å². The average Bonchev–Trinajstić information content (AvgIpc) is 2.69. The van der Waals surface area contributed by atoms with Crippen LogP contribution in [0.15, 0.2) is 77.6 Å². The fourth-order valence-corrected chi connectivity index (χ4v) is 3.74. The van der Waals surface area contributed by atoms with Crippen LogP contribution in [0.4, 0.5) is 0 Å². The van der Waals surface area contributed by atoms with Crippen molar-refractivity contribution in [2.45, 2.75) is 6.04 Å². The minimum Gasteiger partial charge on any atom is -0.506 e. The van der Waals surface area contributed by atoms with Crippen molar-refractivity contribution in [3.05, 3.63) is 99.3 Å². The highest BCUT2D eigenvalue weighted by molar-refractivity contribution is 6.31. The molecular weight excluding hydrogens is 372 g/mol. The molecule has 4 aromatic rings. The summed E-state index contributed by atoms with van der Waals surface area (Å²) in [6.07, 6.45) is 0. The maximum Gasteiger partial charge on any atom is 0.260 e. The number of rotatable bonds is 4. The molecule has 0 aliphatic carbocycles. The molecule has 1 aromatic heterocycles. The van der Waals surface area contributed by atoms with Gasteiger partial charge in [-0.05, 0) is 48.0 Å². The Bertz CT molecular complexity index is 1200. The van der Waals surface area contributed by atoms with Crippen LogP contribution >= 0.6 is 11.6 Å². The molecule has 3 aromatic carbocycles. The number of hydrogen-bond acceptors (Lipinski definition) is 3. The maximum atomic E-state index is 12.7.